The Balaban J connectivity index is 0.963. The van der Waals surface area contributed by atoms with Crippen molar-refractivity contribution in [2.75, 3.05) is 69.2 Å². The average Bonchev–Trinajstić information content (AvgIpc) is 3.76. The summed E-state index contributed by atoms with van der Waals surface area (Å²) in [5.74, 6) is 0.314. The molecule has 7 rings (SSSR count). The highest BCUT2D eigenvalue weighted by Crippen LogP contribution is 2.34. The van der Waals surface area contributed by atoms with Crippen LogP contribution in [0.2, 0.25) is 0 Å². The highest BCUT2D eigenvalue weighted by atomic mass is 19.1. The van der Waals surface area contributed by atoms with Crippen LogP contribution in [0.3, 0.4) is 0 Å². The number of amides is 2. The minimum atomic E-state index is -0.795. The first-order chi connectivity index (χ1) is 23.9. The standard InChI is InChI=1S/C37H39FN8O3/c1-2-49-25-37(36(48)41-29-10-13-32-31(22-29)34(43-42-32)26-4-8-28(38)9-5-26)14-17-44(24-37)23-33(47)46-20-18-45(19-21-46)30-11-6-27(7-12-30)35-39-15-3-16-40-35/h3-13,15-16,22H,2,14,17-21,23-25H2,1H3,(H,41,48)(H,42,43). The summed E-state index contributed by atoms with van der Waals surface area (Å²) in [6.45, 7) is 6.74. The molecule has 1 atom stereocenters. The Morgan fingerprint density at radius 3 is 2.41 bits per heavy atom. The van der Waals surface area contributed by atoms with Gasteiger partial charge in [-0.25, -0.2) is 14.4 Å². The molecule has 11 nitrogen and oxygen atoms in total. The highest BCUT2D eigenvalue weighted by molar-refractivity contribution is 6.00. The molecule has 2 N–H and O–H groups in total. The molecule has 2 saturated heterocycles. The van der Waals surface area contributed by atoms with Crippen LogP contribution in [-0.4, -0.2) is 101 Å². The number of benzene rings is 3. The van der Waals surface area contributed by atoms with E-state index in [1.807, 2.05) is 42.2 Å². The first-order valence-electron chi connectivity index (χ1n) is 16.7. The number of nitrogens with zero attached hydrogens (tertiary/aromatic N) is 6. The summed E-state index contributed by atoms with van der Waals surface area (Å²) in [5, 5.41) is 11.4. The number of carbonyl (C=O) groups is 2. The van der Waals surface area contributed by atoms with Gasteiger partial charge in [-0.1, -0.05) is 0 Å². The number of piperazine rings is 1. The zero-order valence-electron chi connectivity index (χ0n) is 27.4. The maximum Gasteiger partial charge on any atom is 0.236 e. The van der Waals surface area contributed by atoms with Gasteiger partial charge >= 0.3 is 0 Å². The Kier molecular flexibility index (Phi) is 9.32. The van der Waals surface area contributed by atoms with Crippen LogP contribution in [0.1, 0.15) is 13.3 Å². The molecule has 3 aromatic carbocycles. The first-order valence-corrected chi connectivity index (χ1v) is 16.7. The molecule has 252 valence electrons. The fourth-order valence-corrected chi connectivity index (χ4v) is 6.72. The number of aromatic nitrogens is 4. The van der Waals surface area contributed by atoms with Crippen LogP contribution in [0.5, 0.6) is 0 Å². The quantitative estimate of drug-likeness (QED) is 0.218. The fraction of sp³-hybridized carbons (Fsp3) is 0.324. The molecule has 2 fully saturated rings. The minimum absolute atomic E-state index is 0.0718. The van der Waals surface area contributed by atoms with Gasteiger partial charge in [-0.15, -0.1) is 0 Å². The molecule has 1 unspecified atom stereocenters. The molecule has 0 spiro atoms. The third-order valence-electron chi connectivity index (χ3n) is 9.48. The number of hydrogen-bond acceptors (Lipinski definition) is 8. The van der Waals surface area contributed by atoms with Crippen molar-refractivity contribution in [3.63, 3.8) is 0 Å². The molecular weight excluding hydrogens is 623 g/mol. The molecule has 5 aromatic rings. The second-order valence-electron chi connectivity index (χ2n) is 12.7. The normalized spacial score (nSPS) is 18.2. The maximum absolute atomic E-state index is 13.9. The molecule has 0 aliphatic carbocycles. The van der Waals surface area contributed by atoms with Crippen molar-refractivity contribution >= 4 is 34.1 Å². The lowest BCUT2D eigenvalue weighted by Gasteiger charge is -2.37. The Morgan fingerprint density at radius 2 is 1.67 bits per heavy atom. The summed E-state index contributed by atoms with van der Waals surface area (Å²) in [6.07, 6.45) is 4.05. The van der Waals surface area contributed by atoms with Crippen molar-refractivity contribution in [1.29, 1.82) is 0 Å². The van der Waals surface area contributed by atoms with Crippen molar-refractivity contribution in [3.05, 3.63) is 91.0 Å². The lowest BCUT2D eigenvalue weighted by molar-refractivity contribution is -0.134. The van der Waals surface area contributed by atoms with Gasteiger partial charge in [0.05, 0.1) is 29.8 Å². The zero-order valence-corrected chi connectivity index (χ0v) is 27.4. The monoisotopic (exact) mass is 662 g/mol. The van der Waals surface area contributed by atoms with Crippen molar-refractivity contribution in [2.24, 2.45) is 5.41 Å². The average molecular weight is 663 g/mol. The van der Waals surface area contributed by atoms with Gasteiger partial charge in [0.2, 0.25) is 11.8 Å². The van der Waals surface area contributed by atoms with Gasteiger partial charge < -0.3 is 19.9 Å². The number of rotatable bonds is 10. The van der Waals surface area contributed by atoms with Crippen LogP contribution in [-0.2, 0) is 14.3 Å². The van der Waals surface area contributed by atoms with Crippen LogP contribution in [0, 0.1) is 11.2 Å². The fourth-order valence-electron chi connectivity index (χ4n) is 6.72. The molecule has 2 aliphatic heterocycles. The van der Waals surface area contributed by atoms with Gasteiger partial charge in [0.15, 0.2) is 5.82 Å². The predicted octanol–water partition coefficient (Wildman–Crippen LogP) is 4.84. The molecular formula is C37H39FN8O3. The summed E-state index contributed by atoms with van der Waals surface area (Å²) in [7, 11) is 0. The van der Waals surface area contributed by atoms with E-state index in [4.69, 9.17) is 4.74 Å². The maximum atomic E-state index is 13.9. The van der Waals surface area contributed by atoms with E-state index in [0.29, 0.717) is 56.4 Å². The second kappa shape index (κ2) is 14.1. The Hall–Kier alpha value is -5.20. The van der Waals surface area contributed by atoms with Crippen molar-refractivity contribution in [3.8, 4) is 22.6 Å². The smallest absolute Gasteiger partial charge is 0.236 e. The summed E-state index contributed by atoms with van der Waals surface area (Å²) >= 11 is 0. The van der Waals surface area contributed by atoms with Gasteiger partial charge in [0.1, 0.15) is 5.82 Å². The molecule has 4 heterocycles. The van der Waals surface area contributed by atoms with E-state index in [2.05, 4.69) is 47.4 Å². The molecule has 0 radical (unpaired) electrons. The summed E-state index contributed by atoms with van der Waals surface area (Å²) in [5.41, 5.74) is 4.17. The zero-order chi connectivity index (χ0) is 33.8. The van der Waals surface area contributed by atoms with E-state index in [9.17, 15) is 14.0 Å². The minimum Gasteiger partial charge on any atom is -0.381 e. The highest BCUT2D eigenvalue weighted by Gasteiger charge is 2.45. The number of likely N-dealkylation sites (tertiary alicyclic amines) is 1. The van der Waals surface area contributed by atoms with E-state index in [1.54, 1.807) is 30.6 Å². The third-order valence-corrected chi connectivity index (χ3v) is 9.48. The van der Waals surface area contributed by atoms with E-state index in [-0.39, 0.29) is 30.8 Å². The molecule has 2 aromatic heterocycles. The number of fused-ring (bicyclic) bond motifs is 1. The van der Waals surface area contributed by atoms with Gasteiger partial charge in [0, 0.05) is 79.6 Å². The number of H-pyrrole nitrogens is 1. The predicted molar refractivity (Wildman–Crippen MR) is 186 cm³/mol. The van der Waals surface area contributed by atoms with E-state index < -0.39 is 5.41 Å². The van der Waals surface area contributed by atoms with E-state index in [1.165, 1.54) is 12.1 Å². The van der Waals surface area contributed by atoms with E-state index >= 15 is 0 Å². The van der Waals surface area contributed by atoms with Crippen molar-refractivity contribution in [1.82, 2.24) is 30.0 Å². The number of carbonyl (C=O) groups excluding carboxylic acids is 2. The molecule has 0 bridgehead atoms. The summed E-state index contributed by atoms with van der Waals surface area (Å²) in [6, 6.07) is 21.8. The number of ether oxygens (including phenoxy) is 1. The van der Waals surface area contributed by atoms with Crippen LogP contribution < -0.4 is 10.2 Å². The van der Waals surface area contributed by atoms with Crippen LogP contribution >= 0.6 is 0 Å². The van der Waals surface area contributed by atoms with Gasteiger partial charge in [-0.2, -0.15) is 5.10 Å². The Bertz CT molecular complexity index is 1910. The second-order valence-corrected chi connectivity index (χ2v) is 12.7. The molecule has 49 heavy (non-hydrogen) atoms. The number of halogens is 1. The number of hydrogen-bond donors (Lipinski definition) is 2. The lowest BCUT2D eigenvalue weighted by Crippen LogP contribution is -2.51. The van der Waals surface area contributed by atoms with Crippen molar-refractivity contribution in [2.45, 2.75) is 13.3 Å². The number of nitrogens with one attached hydrogen (secondary N) is 2. The van der Waals surface area contributed by atoms with Gasteiger partial charge in [-0.05, 0) is 92.7 Å². The SMILES string of the molecule is CCOCC1(C(=O)Nc2ccc3[nH]nc(-c4ccc(F)cc4)c3c2)CCN(CC(=O)N2CCN(c3ccc(-c4ncccn4)cc3)CC2)C1. The first kappa shape index (κ1) is 32.4. The van der Waals surface area contributed by atoms with Gasteiger partial charge in [-0.3, -0.25) is 19.6 Å². The summed E-state index contributed by atoms with van der Waals surface area (Å²) < 4.78 is 19.4. The topological polar surface area (TPSA) is 120 Å². The third kappa shape index (κ3) is 7.01. The Morgan fingerprint density at radius 1 is 0.939 bits per heavy atom. The Labute approximate surface area is 284 Å². The number of anilines is 2. The molecule has 12 heteroatoms. The lowest BCUT2D eigenvalue weighted by atomic mass is 9.86. The van der Waals surface area contributed by atoms with Crippen LogP contribution in [0.4, 0.5) is 15.8 Å². The molecule has 0 saturated carbocycles. The van der Waals surface area contributed by atoms with Crippen LogP contribution in [0.15, 0.2) is 85.2 Å². The van der Waals surface area contributed by atoms with Gasteiger partial charge in [0.25, 0.3) is 0 Å². The van der Waals surface area contributed by atoms with Crippen molar-refractivity contribution < 1.29 is 18.7 Å². The van der Waals surface area contributed by atoms with Crippen LogP contribution in [0.25, 0.3) is 33.5 Å². The summed E-state index contributed by atoms with van der Waals surface area (Å²) in [4.78, 5) is 42.3. The number of aromatic amines is 1. The van der Waals surface area contributed by atoms with E-state index in [0.717, 1.165) is 40.8 Å². The molecule has 2 aliphatic rings. The largest absolute Gasteiger partial charge is 0.381 e. The molecule has 2 amide bonds.